The highest BCUT2D eigenvalue weighted by atomic mass is 35.5. The molecule has 20 heavy (non-hydrogen) atoms. The van der Waals surface area contributed by atoms with Crippen LogP contribution in [-0.2, 0) is 0 Å². The second-order valence-corrected chi connectivity index (χ2v) is 5.03. The number of aromatic amines is 1. The van der Waals surface area contributed by atoms with Crippen LogP contribution in [0.2, 0.25) is 5.15 Å². The molecule has 0 aliphatic heterocycles. The van der Waals surface area contributed by atoms with E-state index in [0.29, 0.717) is 5.39 Å². The first kappa shape index (κ1) is 11.4. The Labute approximate surface area is 118 Å². The summed E-state index contributed by atoms with van der Waals surface area (Å²) in [5, 5.41) is 3.46. The molecular formula is C16H9ClN2O. The van der Waals surface area contributed by atoms with Crippen molar-refractivity contribution >= 4 is 44.2 Å². The van der Waals surface area contributed by atoms with Gasteiger partial charge in [0.1, 0.15) is 5.15 Å². The van der Waals surface area contributed by atoms with Crippen molar-refractivity contribution in [2.24, 2.45) is 0 Å². The molecule has 0 aliphatic rings. The van der Waals surface area contributed by atoms with Gasteiger partial charge in [0.15, 0.2) is 0 Å². The number of para-hydroxylation sites is 2. The van der Waals surface area contributed by atoms with Crippen molar-refractivity contribution in [3.8, 4) is 0 Å². The average molecular weight is 281 g/mol. The fraction of sp³-hybridized carbons (Fsp3) is 0. The maximum absolute atomic E-state index is 12.3. The van der Waals surface area contributed by atoms with Gasteiger partial charge in [-0.1, -0.05) is 48.0 Å². The minimum Gasteiger partial charge on any atom is -0.321 e. The van der Waals surface area contributed by atoms with Crippen LogP contribution >= 0.6 is 11.6 Å². The Hall–Kier alpha value is -2.39. The van der Waals surface area contributed by atoms with Gasteiger partial charge >= 0.3 is 0 Å². The van der Waals surface area contributed by atoms with Gasteiger partial charge in [-0.15, -0.1) is 0 Å². The van der Waals surface area contributed by atoms with Gasteiger partial charge in [-0.05, 0) is 12.1 Å². The van der Waals surface area contributed by atoms with Crippen LogP contribution in [0.1, 0.15) is 0 Å². The summed E-state index contributed by atoms with van der Waals surface area (Å²) in [6, 6.07) is 15.4. The van der Waals surface area contributed by atoms with E-state index in [1.165, 1.54) is 0 Å². The van der Waals surface area contributed by atoms with Crippen molar-refractivity contribution < 1.29 is 0 Å². The summed E-state index contributed by atoms with van der Waals surface area (Å²) in [7, 11) is 0. The second-order valence-electron chi connectivity index (χ2n) is 4.67. The normalized spacial score (nSPS) is 11.4. The molecule has 0 spiro atoms. The van der Waals surface area contributed by atoms with Gasteiger partial charge in [-0.25, -0.2) is 4.98 Å². The fourth-order valence-electron chi connectivity index (χ4n) is 2.66. The van der Waals surface area contributed by atoms with E-state index in [4.69, 9.17) is 11.6 Å². The number of halogens is 1. The number of hydrogen-bond donors (Lipinski definition) is 1. The molecule has 0 saturated carbocycles. The molecule has 0 unspecified atom stereocenters. The van der Waals surface area contributed by atoms with Gasteiger partial charge in [0.25, 0.3) is 5.56 Å². The zero-order valence-corrected chi connectivity index (χ0v) is 11.1. The monoisotopic (exact) mass is 280 g/mol. The van der Waals surface area contributed by atoms with Crippen molar-refractivity contribution in [2.75, 3.05) is 0 Å². The number of H-pyrrole nitrogens is 1. The summed E-state index contributed by atoms with van der Waals surface area (Å²) in [6.07, 6.45) is 0. The summed E-state index contributed by atoms with van der Waals surface area (Å²) >= 11 is 6.21. The van der Waals surface area contributed by atoms with E-state index < -0.39 is 0 Å². The number of fused-ring (bicyclic) bond motifs is 5. The third-order valence-corrected chi connectivity index (χ3v) is 3.79. The molecule has 2 aromatic carbocycles. The molecule has 0 fully saturated rings. The highest BCUT2D eigenvalue weighted by Crippen LogP contribution is 2.31. The summed E-state index contributed by atoms with van der Waals surface area (Å²) in [5.41, 5.74) is 1.39. The van der Waals surface area contributed by atoms with Gasteiger partial charge in [-0.2, -0.15) is 0 Å². The molecule has 0 saturated heterocycles. The van der Waals surface area contributed by atoms with Crippen LogP contribution in [0, 0.1) is 0 Å². The van der Waals surface area contributed by atoms with Crippen molar-refractivity contribution in [2.45, 2.75) is 0 Å². The van der Waals surface area contributed by atoms with Crippen LogP contribution < -0.4 is 5.56 Å². The minimum absolute atomic E-state index is 0.207. The Morgan fingerprint density at radius 3 is 2.45 bits per heavy atom. The van der Waals surface area contributed by atoms with Gasteiger partial charge in [0, 0.05) is 21.7 Å². The third-order valence-electron chi connectivity index (χ3n) is 3.52. The van der Waals surface area contributed by atoms with Crippen LogP contribution in [0.4, 0.5) is 0 Å². The average Bonchev–Trinajstić information content (AvgIpc) is 2.46. The highest BCUT2D eigenvalue weighted by molar-refractivity contribution is 6.37. The van der Waals surface area contributed by atoms with Gasteiger partial charge in [-0.3, -0.25) is 4.79 Å². The van der Waals surface area contributed by atoms with E-state index in [-0.39, 0.29) is 10.7 Å². The summed E-state index contributed by atoms with van der Waals surface area (Å²) in [4.78, 5) is 19.5. The number of nitrogens with one attached hydrogen (secondary N) is 1. The van der Waals surface area contributed by atoms with Crippen LogP contribution in [0.5, 0.6) is 0 Å². The van der Waals surface area contributed by atoms with Crippen molar-refractivity contribution in [1.82, 2.24) is 9.97 Å². The van der Waals surface area contributed by atoms with Gasteiger partial charge in [0.2, 0.25) is 0 Å². The minimum atomic E-state index is -0.207. The Morgan fingerprint density at radius 1 is 0.900 bits per heavy atom. The summed E-state index contributed by atoms with van der Waals surface area (Å²) < 4.78 is 0. The van der Waals surface area contributed by atoms with Gasteiger partial charge in [0.05, 0.1) is 10.9 Å². The van der Waals surface area contributed by atoms with E-state index >= 15 is 0 Å². The standard InChI is InChI=1S/C16H9ClN2O/c17-15-14-13(9-5-1-3-7-11(9)18-15)10-6-2-4-8-12(10)19-16(14)20/h1-8H,(H,19,20). The molecule has 0 radical (unpaired) electrons. The van der Waals surface area contributed by atoms with E-state index in [9.17, 15) is 4.79 Å². The molecule has 3 nitrogen and oxygen atoms in total. The topological polar surface area (TPSA) is 45.8 Å². The number of hydrogen-bond acceptors (Lipinski definition) is 2. The molecule has 4 rings (SSSR count). The maximum Gasteiger partial charge on any atom is 0.259 e. The van der Waals surface area contributed by atoms with E-state index in [1.54, 1.807) is 0 Å². The molecular weight excluding hydrogens is 272 g/mol. The first-order valence-electron chi connectivity index (χ1n) is 6.25. The molecule has 4 heteroatoms. The van der Waals surface area contributed by atoms with E-state index in [0.717, 1.165) is 27.2 Å². The predicted molar refractivity (Wildman–Crippen MR) is 82.4 cm³/mol. The molecule has 2 aromatic heterocycles. The Bertz CT molecular complexity index is 1020. The molecule has 1 N–H and O–H groups in total. The summed E-state index contributed by atoms with van der Waals surface area (Å²) in [6.45, 7) is 0. The van der Waals surface area contributed by atoms with Gasteiger partial charge < -0.3 is 4.98 Å². The first-order valence-corrected chi connectivity index (χ1v) is 6.62. The van der Waals surface area contributed by atoms with E-state index in [2.05, 4.69) is 9.97 Å². The number of aromatic nitrogens is 2. The van der Waals surface area contributed by atoms with Crippen LogP contribution in [0.25, 0.3) is 32.6 Å². The SMILES string of the molecule is O=c1[nH]c2ccccc2c2c1c(Cl)nc1ccccc12. The summed E-state index contributed by atoms with van der Waals surface area (Å²) in [5.74, 6) is 0. The lowest BCUT2D eigenvalue weighted by molar-refractivity contribution is 1.33. The largest absolute Gasteiger partial charge is 0.321 e. The second kappa shape index (κ2) is 4.05. The van der Waals surface area contributed by atoms with Crippen LogP contribution in [0.15, 0.2) is 53.3 Å². The molecule has 0 atom stereocenters. The molecule has 0 aliphatic carbocycles. The van der Waals surface area contributed by atoms with Crippen LogP contribution in [-0.4, -0.2) is 9.97 Å². The van der Waals surface area contributed by atoms with Crippen molar-refractivity contribution in [1.29, 1.82) is 0 Å². The zero-order chi connectivity index (χ0) is 13.7. The lowest BCUT2D eigenvalue weighted by Gasteiger charge is -2.08. The zero-order valence-electron chi connectivity index (χ0n) is 10.4. The van der Waals surface area contributed by atoms with Crippen LogP contribution in [0.3, 0.4) is 0 Å². The predicted octanol–water partition coefficient (Wildman–Crippen LogP) is 3.88. The van der Waals surface area contributed by atoms with Crippen molar-refractivity contribution in [3.05, 3.63) is 64.0 Å². The molecule has 4 aromatic rings. The highest BCUT2D eigenvalue weighted by Gasteiger charge is 2.13. The number of benzene rings is 2. The molecule has 0 amide bonds. The molecule has 96 valence electrons. The Kier molecular flexibility index (Phi) is 2.32. The van der Waals surface area contributed by atoms with Crippen molar-refractivity contribution in [3.63, 3.8) is 0 Å². The number of pyridine rings is 2. The number of nitrogens with zero attached hydrogens (tertiary/aromatic N) is 1. The molecule has 0 bridgehead atoms. The Balaban J connectivity index is 2.47. The fourth-order valence-corrected chi connectivity index (χ4v) is 2.94. The quantitative estimate of drug-likeness (QED) is 0.392. The maximum atomic E-state index is 12.3. The Morgan fingerprint density at radius 2 is 1.60 bits per heavy atom. The smallest absolute Gasteiger partial charge is 0.259 e. The third kappa shape index (κ3) is 1.47. The first-order chi connectivity index (χ1) is 9.75. The molecule has 2 heterocycles. The van der Waals surface area contributed by atoms with E-state index in [1.807, 2.05) is 48.5 Å². The number of rotatable bonds is 0. The lowest BCUT2D eigenvalue weighted by atomic mass is 10.0. The lowest BCUT2D eigenvalue weighted by Crippen LogP contribution is -2.08.